The number of hydrogen-bond donors (Lipinski definition) is 1. The number of rotatable bonds is 4. The molecule has 1 aliphatic heterocycles. The number of aryl methyl sites for hydroxylation is 2. The molecule has 11 heteroatoms. The molecule has 3 aromatic heterocycles. The smallest absolute Gasteiger partial charge is 0.322 e. The second-order valence-corrected chi connectivity index (χ2v) is 9.85. The molecule has 1 aromatic carbocycles. The lowest BCUT2D eigenvalue weighted by Gasteiger charge is -2.33. The maximum Gasteiger partial charge on any atom is 0.416 e. The minimum atomic E-state index is -4.55. The van der Waals surface area contributed by atoms with Gasteiger partial charge in [-0.1, -0.05) is 12.0 Å². The van der Waals surface area contributed by atoms with Crippen molar-refractivity contribution in [1.82, 2.24) is 29.4 Å². The molecule has 0 unspecified atom stereocenters. The van der Waals surface area contributed by atoms with Crippen LogP contribution in [0.15, 0.2) is 48.8 Å². The first-order valence-electron chi connectivity index (χ1n) is 12.8. The van der Waals surface area contributed by atoms with Crippen LogP contribution < -0.4 is 5.32 Å². The number of amides is 1. The number of carbonyl (C=O) groups excluding carboxylic acids is 1. The van der Waals surface area contributed by atoms with Crippen LogP contribution in [0.5, 0.6) is 0 Å². The molecule has 8 nitrogen and oxygen atoms in total. The SMILES string of the molecule is Cc1ncc(C(=O)Nc2ccc(CN3CCN(C)CC3)c(C(F)(F)F)c2)cc1C#Cc1c(C)nc2cccnn12. The van der Waals surface area contributed by atoms with E-state index in [-0.39, 0.29) is 23.4 Å². The Morgan fingerprint density at radius 2 is 1.82 bits per heavy atom. The number of pyridine rings is 1. The van der Waals surface area contributed by atoms with Crippen LogP contribution in [0.2, 0.25) is 0 Å². The average Bonchev–Trinajstić information content (AvgIpc) is 3.24. The first-order chi connectivity index (χ1) is 19.1. The number of carbonyl (C=O) groups is 1. The average molecular weight is 548 g/mol. The first-order valence-corrected chi connectivity index (χ1v) is 12.8. The summed E-state index contributed by atoms with van der Waals surface area (Å²) in [6.45, 7) is 6.81. The minimum absolute atomic E-state index is 0.0556. The molecular weight excluding hydrogens is 519 g/mol. The standard InChI is InChI=1S/C29H28F3N7O/c1-19-21(7-9-26-20(2)35-27-5-4-10-34-39(26)27)15-23(17-33-19)28(40)36-24-8-6-22(25(16-24)29(30,31)32)18-38-13-11-37(3)12-14-38/h4-6,8,10,15-17H,11-14,18H2,1-3H3,(H,36,40). The highest BCUT2D eigenvalue weighted by atomic mass is 19.4. The van der Waals surface area contributed by atoms with Crippen molar-refractivity contribution in [3.8, 4) is 11.8 Å². The first kappa shape index (κ1) is 27.3. The van der Waals surface area contributed by atoms with Gasteiger partial charge in [-0.3, -0.25) is 14.7 Å². The van der Waals surface area contributed by atoms with E-state index >= 15 is 0 Å². The van der Waals surface area contributed by atoms with Crippen LogP contribution in [0.1, 0.15) is 44.1 Å². The molecule has 0 aliphatic carbocycles. The predicted octanol–water partition coefficient (Wildman–Crippen LogP) is 4.16. The summed E-state index contributed by atoms with van der Waals surface area (Å²) in [5.74, 6) is 5.51. The third-order valence-corrected chi connectivity index (χ3v) is 6.89. The second-order valence-electron chi connectivity index (χ2n) is 9.85. The molecule has 1 amide bonds. The highest BCUT2D eigenvalue weighted by Crippen LogP contribution is 2.34. The molecule has 206 valence electrons. The Kier molecular flexibility index (Phi) is 7.56. The number of nitrogens with zero attached hydrogens (tertiary/aromatic N) is 6. The Morgan fingerprint density at radius 1 is 1.05 bits per heavy atom. The molecule has 0 saturated carbocycles. The molecule has 1 saturated heterocycles. The monoisotopic (exact) mass is 547 g/mol. The number of hydrogen-bond acceptors (Lipinski definition) is 6. The Balaban J connectivity index is 1.36. The quantitative estimate of drug-likeness (QED) is 0.387. The fourth-order valence-corrected chi connectivity index (χ4v) is 4.56. The summed E-state index contributed by atoms with van der Waals surface area (Å²) in [5.41, 5.74) is 2.77. The number of piperazine rings is 1. The molecule has 4 heterocycles. The highest BCUT2D eigenvalue weighted by molar-refractivity contribution is 6.04. The van der Waals surface area contributed by atoms with Crippen LogP contribution in [0.3, 0.4) is 0 Å². The van der Waals surface area contributed by atoms with Crippen LogP contribution >= 0.6 is 0 Å². The summed E-state index contributed by atoms with van der Waals surface area (Å²) in [7, 11) is 2.00. The molecule has 4 aromatic rings. The van der Waals surface area contributed by atoms with E-state index in [2.05, 4.69) is 37.1 Å². The molecule has 1 aliphatic rings. The fourth-order valence-electron chi connectivity index (χ4n) is 4.56. The number of imidazole rings is 1. The van der Waals surface area contributed by atoms with E-state index in [0.29, 0.717) is 41.4 Å². The summed E-state index contributed by atoms with van der Waals surface area (Å²) >= 11 is 0. The third kappa shape index (κ3) is 5.98. The number of anilines is 1. The van der Waals surface area contributed by atoms with Gasteiger partial charge in [0.25, 0.3) is 5.91 Å². The normalized spacial score (nSPS) is 14.7. The Labute approximate surface area is 229 Å². The predicted molar refractivity (Wildman–Crippen MR) is 145 cm³/mol. The number of likely N-dealkylation sites (N-methyl/N-ethyl adjacent to an activating group) is 1. The van der Waals surface area contributed by atoms with E-state index in [0.717, 1.165) is 19.2 Å². The second kappa shape index (κ2) is 11.1. The maximum atomic E-state index is 14.0. The van der Waals surface area contributed by atoms with Crippen molar-refractivity contribution in [2.45, 2.75) is 26.6 Å². The van der Waals surface area contributed by atoms with Crippen LogP contribution in [-0.2, 0) is 12.7 Å². The zero-order valence-corrected chi connectivity index (χ0v) is 22.4. The molecule has 40 heavy (non-hydrogen) atoms. The molecule has 1 fully saturated rings. The van der Waals surface area contributed by atoms with E-state index in [4.69, 9.17) is 0 Å². The lowest BCUT2D eigenvalue weighted by atomic mass is 10.0. The van der Waals surface area contributed by atoms with Gasteiger partial charge in [-0.15, -0.1) is 0 Å². The van der Waals surface area contributed by atoms with Crippen molar-refractivity contribution < 1.29 is 18.0 Å². The molecule has 0 bridgehead atoms. The molecule has 1 N–H and O–H groups in total. The van der Waals surface area contributed by atoms with E-state index in [1.54, 1.807) is 29.8 Å². The lowest BCUT2D eigenvalue weighted by molar-refractivity contribution is -0.138. The van der Waals surface area contributed by atoms with Gasteiger partial charge in [0.1, 0.15) is 5.69 Å². The number of nitrogens with one attached hydrogen (secondary N) is 1. The van der Waals surface area contributed by atoms with Gasteiger partial charge >= 0.3 is 6.18 Å². The zero-order valence-electron chi connectivity index (χ0n) is 22.4. The van der Waals surface area contributed by atoms with Gasteiger partial charge in [0.15, 0.2) is 5.65 Å². The fraction of sp³-hybridized carbons (Fsp3) is 0.310. The molecule has 0 spiro atoms. The van der Waals surface area contributed by atoms with E-state index < -0.39 is 17.6 Å². The number of benzene rings is 1. The number of aromatic nitrogens is 4. The molecule has 5 rings (SSSR count). The highest BCUT2D eigenvalue weighted by Gasteiger charge is 2.34. The Bertz CT molecular complexity index is 1630. The zero-order chi connectivity index (χ0) is 28.4. The summed E-state index contributed by atoms with van der Waals surface area (Å²) in [6.07, 6.45) is -1.54. The lowest BCUT2D eigenvalue weighted by Crippen LogP contribution is -2.44. The number of fused-ring (bicyclic) bond motifs is 1. The number of alkyl halides is 3. The van der Waals surface area contributed by atoms with Crippen molar-refractivity contribution in [2.75, 3.05) is 38.5 Å². The Hall–Kier alpha value is -4.27. The summed E-state index contributed by atoms with van der Waals surface area (Å²) in [5, 5.41) is 6.87. The largest absolute Gasteiger partial charge is 0.416 e. The minimum Gasteiger partial charge on any atom is -0.322 e. The van der Waals surface area contributed by atoms with Gasteiger partial charge in [-0.2, -0.15) is 18.3 Å². The van der Waals surface area contributed by atoms with E-state index in [1.807, 2.05) is 24.9 Å². The topological polar surface area (TPSA) is 78.7 Å². The maximum absolute atomic E-state index is 14.0. The van der Waals surface area contributed by atoms with Gasteiger partial charge in [0.2, 0.25) is 0 Å². The summed E-state index contributed by atoms with van der Waals surface area (Å²) < 4.78 is 43.5. The third-order valence-electron chi connectivity index (χ3n) is 6.89. The van der Waals surface area contributed by atoms with Gasteiger partial charge in [0, 0.05) is 56.4 Å². The van der Waals surface area contributed by atoms with Crippen LogP contribution in [0, 0.1) is 25.7 Å². The molecule has 0 radical (unpaired) electrons. The van der Waals surface area contributed by atoms with Gasteiger partial charge in [-0.25, -0.2) is 9.50 Å². The summed E-state index contributed by atoms with van der Waals surface area (Å²) in [4.78, 5) is 25.9. The van der Waals surface area contributed by atoms with Gasteiger partial charge < -0.3 is 10.2 Å². The molecule has 0 atom stereocenters. The van der Waals surface area contributed by atoms with Crippen molar-refractivity contribution in [3.05, 3.63) is 88.1 Å². The molecular formula is C29H28F3N7O. The van der Waals surface area contributed by atoms with Crippen LogP contribution in [-0.4, -0.2) is 68.5 Å². The van der Waals surface area contributed by atoms with Crippen molar-refractivity contribution in [2.24, 2.45) is 0 Å². The van der Waals surface area contributed by atoms with E-state index in [9.17, 15) is 18.0 Å². The van der Waals surface area contributed by atoms with Crippen LogP contribution in [0.25, 0.3) is 5.65 Å². The van der Waals surface area contributed by atoms with Gasteiger partial charge in [-0.05, 0) is 62.7 Å². The van der Waals surface area contributed by atoms with Crippen molar-refractivity contribution >= 4 is 17.2 Å². The van der Waals surface area contributed by atoms with Crippen molar-refractivity contribution in [3.63, 3.8) is 0 Å². The summed E-state index contributed by atoms with van der Waals surface area (Å²) in [6, 6.07) is 9.11. The number of halogens is 3. The van der Waals surface area contributed by atoms with E-state index in [1.165, 1.54) is 18.3 Å². The van der Waals surface area contributed by atoms with Gasteiger partial charge in [0.05, 0.1) is 22.5 Å². The Morgan fingerprint density at radius 3 is 2.58 bits per heavy atom. The van der Waals surface area contributed by atoms with Crippen LogP contribution in [0.4, 0.5) is 18.9 Å². The van der Waals surface area contributed by atoms with Crippen molar-refractivity contribution in [1.29, 1.82) is 0 Å².